The topological polar surface area (TPSA) is 97.3 Å². The average molecular weight is 547 g/mol. The number of nitrogens with zero attached hydrogens (tertiary/aromatic N) is 1. The van der Waals surface area contributed by atoms with E-state index >= 15 is 0 Å². The molecule has 0 heterocycles. The first-order chi connectivity index (χ1) is 19.5. The van der Waals surface area contributed by atoms with Gasteiger partial charge in [0.05, 0.1) is 13.2 Å². The minimum atomic E-state index is -0.977. The Hall–Kier alpha value is -4.04. The van der Waals surface area contributed by atoms with Crippen LogP contribution in [0.3, 0.4) is 0 Å². The predicted molar refractivity (Wildman–Crippen MR) is 154 cm³/mol. The highest BCUT2D eigenvalue weighted by atomic mass is 16.5. The summed E-state index contributed by atoms with van der Waals surface area (Å²) in [4.78, 5) is 26.3. The maximum absolute atomic E-state index is 13.2. The standard InChI is InChI=1S/C32H38N2O6/c1-2-38-30(31(35)36)22-24-12-16-29(17-13-24)40-21-19-34(18-7-20-39-28-10-4-3-5-11-28)32(37)33-27-15-14-25-8-6-9-26(25)23-27/h3-5,10-17,23,30H,2,6-9,18-22H2,1H3,(H,33,37)(H,35,36). The molecule has 8 nitrogen and oxygen atoms in total. The largest absolute Gasteiger partial charge is 0.494 e. The average Bonchev–Trinajstić information content (AvgIpc) is 3.43. The Morgan fingerprint density at radius 2 is 1.62 bits per heavy atom. The lowest BCUT2D eigenvalue weighted by Gasteiger charge is -2.23. The van der Waals surface area contributed by atoms with Crippen LogP contribution in [0.5, 0.6) is 11.5 Å². The first-order valence-corrected chi connectivity index (χ1v) is 13.9. The first kappa shape index (κ1) is 29.0. The second-order valence-electron chi connectivity index (χ2n) is 9.75. The van der Waals surface area contributed by atoms with Crippen LogP contribution in [-0.4, -0.2) is 61.0 Å². The number of aryl methyl sites for hydroxylation is 2. The highest BCUT2D eigenvalue weighted by Gasteiger charge is 2.18. The molecule has 0 radical (unpaired) electrons. The van der Waals surface area contributed by atoms with E-state index in [0.29, 0.717) is 45.1 Å². The lowest BCUT2D eigenvalue weighted by atomic mass is 10.1. The zero-order valence-corrected chi connectivity index (χ0v) is 23.0. The number of carboxylic acids is 1. The maximum atomic E-state index is 13.2. The maximum Gasteiger partial charge on any atom is 0.333 e. The van der Waals surface area contributed by atoms with Crippen molar-refractivity contribution in [1.29, 1.82) is 0 Å². The number of benzene rings is 3. The number of urea groups is 1. The van der Waals surface area contributed by atoms with Crippen molar-refractivity contribution in [2.75, 3.05) is 38.2 Å². The highest BCUT2D eigenvalue weighted by Crippen LogP contribution is 2.25. The van der Waals surface area contributed by atoms with Crippen LogP contribution in [0.2, 0.25) is 0 Å². The lowest BCUT2D eigenvalue weighted by molar-refractivity contribution is -0.149. The Kier molecular flexibility index (Phi) is 10.8. The van der Waals surface area contributed by atoms with E-state index in [1.165, 1.54) is 11.1 Å². The fourth-order valence-electron chi connectivity index (χ4n) is 4.76. The first-order valence-electron chi connectivity index (χ1n) is 13.9. The van der Waals surface area contributed by atoms with Crippen LogP contribution in [0.15, 0.2) is 72.8 Å². The number of rotatable bonds is 15. The number of carboxylic acid groups (broad SMARTS) is 1. The van der Waals surface area contributed by atoms with Crippen molar-refractivity contribution in [3.63, 3.8) is 0 Å². The fourth-order valence-corrected chi connectivity index (χ4v) is 4.76. The number of fused-ring (bicyclic) bond motifs is 1. The van der Waals surface area contributed by atoms with Gasteiger partial charge in [0.2, 0.25) is 0 Å². The third kappa shape index (κ3) is 8.74. The van der Waals surface area contributed by atoms with Gasteiger partial charge in [-0.2, -0.15) is 0 Å². The molecule has 2 N–H and O–H groups in total. The van der Waals surface area contributed by atoms with Gasteiger partial charge in [-0.25, -0.2) is 9.59 Å². The van der Waals surface area contributed by atoms with Crippen LogP contribution in [0, 0.1) is 0 Å². The van der Waals surface area contributed by atoms with Gasteiger partial charge in [-0.05, 0) is 85.7 Å². The summed E-state index contributed by atoms with van der Waals surface area (Å²) in [7, 11) is 0. The summed E-state index contributed by atoms with van der Waals surface area (Å²) in [5.41, 5.74) is 4.33. The summed E-state index contributed by atoms with van der Waals surface area (Å²) in [6, 6.07) is 22.9. The quantitative estimate of drug-likeness (QED) is 0.241. The van der Waals surface area contributed by atoms with Gasteiger partial charge in [0.25, 0.3) is 0 Å². The van der Waals surface area contributed by atoms with Crippen LogP contribution in [0.1, 0.15) is 36.5 Å². The van der Waals surface area contributed by atoms with Crippen molar-refractivity contribution in [3.8, 4) is 11.5 Å². The molecule has 0 bridgehead atoms. The van der Waals surface area contributed by atoms with Crippen LogP contribution in [0.4, 0.5) is 10.5 Å². The normalized spacial score (nSPS) is 12.8. The van der Waals surface area contributed by atoms with Crippen molar-refractivity contribution in [2.45, 2.75) is 45.1 Å². The molecule has 0 fully saturated rings. The molecule has 0 spiro atoms. The van der Waals surface area contributed by atoms with Gasteiger partial charge in [-0.3, -0.25) is 0 Å². The summed E-state index contributed by atoms with van der Waals surface area (Å²) < 4.78 is 17.0. The van der Waals surface area contributed by atoms with Gasteiger partial charge in [0, 0.05) is 25.3 Å². The van der Waals surface area contributed by atoms with Gasteiger partial charge in [0.1, 0.15) is 18.1 Å². The summed E-state index contributed by atoms with van der Waals surface area (Å²) in [6.45, 7) is 3.84. The molecule has 8 heteroatoms. The van der Waals surface area contributed by atoms with Crippen LogP contribution >= 0.6 is 0 Å². The second-order valence-corrected chi connectivity index (χ2v) is 9.75. The molecule has 212 valence electrons. The molecule has 0 aliphatic heterocycles. The highest BCUT2D eigenvalue weighted by molar-refractivity contribution is 5.89. The fraction of sp³-hybridized carbons (Fsp3) is 0.375. The molecule has 40 heavy (non-hydrogen) atoms. The zero-order chi connectivity index (χ0) is 28.2. The molecule has 2 amide bonds. The van der Waals surface area contributed by atoms with E-state index in [1.807, 2.05) is 60.7 Å². The molecule has 3 aromatic carbocycles. The minimum Gasteiger partial charge on any atom is -0.494 e. The molecular weight excluding hydrogens is 508 g/mol. The Morgan fingerprint density at radius 3 is 2.38 bits per heavy atom. The van der Waals surface area contributed by atoms with Gasteiger partial charge in [-0.1, -0.05) is 36.4 Å². The van der Waals surface area contributed by atoms with Crippen LogP contribution in [-0.2, 0) is 28.8 Å². The summed E-state index contributed by atoms with van der Waals surface area (Å²) in [6.07, 6.45) is 3.39. The molecule has 3 aromatic rings. The van der Waals surface area contributed by atoms with E-state index in [9.17, 15) is 14.7 Å². The third-order valence-electron chi connectivity index (χ3n) is 6.84. The number of carbonyl (C=O) groups excluding carboxylic acids is 1. The monoisotopic (exact) mass is 546 g/mol. The Bertz CT molecular complexity index is 1230. The molecule has 0 saturated heterocycles. The molecule has 0 aromatic heterocycles. The van der Waals surface area contributed by atoms with Gasteiger partial charge >= 0.3 is 12.0 Å². The Morgan fingerprint density at radius 1 is 0.900 bits per heavy atom. The molecule has 0 saturated carbocycles. The SMILES string of the molecule is CCOC(Cc1ccc(OCCN(CCCOc2ccccc2)C(=O)Nc2ccc3c(c2)CCC3)cc1)C(=O)O. The van der Waals surface area contributed by atoms with Gasteiger partial charge in [0.15, 0.2) is 6.10 Å². The zero-order valence-electron chi connectivity index (χ0n) is 23.0. The smallest absolute Gasteiger partial charge is 0.333 e. The number of nitrogens with one attached hydrogen (secondary N) is 1. The van der Waals surface area contributed by atoms with Crippen LogP contribution < -0.4 is 14.8 Å². The summed E-state index contributed by atoms with van der Waals surface area (Å²) in [5.74, 6) is 0.479. The number of anilines is 1. The van der Waals surface area contributed by atoms with E-state index in [1.54, 1.807) is 11.8 Å². The molecule has 1 aliphatic rings. The van der Waals surface area contributed by atoms with Crippen molar-refractivity contribution in [3.05, 3.63) is 89.5 Å². The second kappa shape index (κ2) is 14.9. The number of carbonyl (C=O) groups is 2. The molecule has 1 aliphatic carbocycles. The van der Waals surface area contributed by atoms with Crippen molar-refractivity contribution in [1.82, 2.24) is 4.90 Å². The Labute approximate surface area is 235 Å². The van der Waals surface area contributed by atoms with Crippen molar-refractivity contribution >= 4 is 17.7 Å². The Balaban J connectivity index is 1.31. The van der Waals surface area contributed by atoms with Crippen molar-refractivity contribution in [2.24, 2.45) is 0 Å². The number of amides is 2. The number of para-hydroxylation sites is 1. The van der Waals surface area contributed by atoms with Crippen LogP contribution in [0.25, 0.3) is 0 Å². The van der Waals surface area contributed by atoms with E-state index in [-0.39, 0.29) is 12.5 Å². The third-order valence-corrected chi connectivity index (χ3v) is 6.84. The molecule has 1 atom stereocenters. The molecular formula is C32H38N2O6. The van der Waals surface area contributed by atoms with E-state index in [4.69, 9.17) is 14.2 Å². The number of hydrogen-bond acceptors (Lipinski definition) is 5. The van der Waals surface area contributed by atoms with E-state index in [0.717, 1.165) is 36.3 Å². The van der Waals surface area contributed by atoms with E-state index < -0.39 is 12.1 Å². The summed E-state index contributed by atoms with van der Waals surface area (Å²) >= 11 is 0. The minimum absolute atomic E-state index is 0.174. The molecule has 4 rings (SSSR count). The lowest BCUT2D eigenvalue weighted by Crippen LogP contribution is -2.39. The predicted octanol–water partition coefficient (Wildman–Crippen LogP) is 5.59. The number of hydrogen-bond donors (Lipinski definition) is 2. The summed E-state index contributed by atoms with van der Waals surface area (Å²) in [5, 5.41) is 12.4. The van der Waals surface area contributed by atoms with Gasteiger partial charge < -0.3 is 29.5 Å². The number of aliphatic carboxylic acids is 1. The van der Waals surface area contributed by atoms with Gasteiger partial charge in [-0.15, -0.1) is 0 Å². The van der Waals surface area contributed by atoms with Crippen molar-refractivity contribution < 1.29 is 28.9 Å². The number of ether oxygens (including phenoxy) is 3. The van der Waals surface area contributed by atoms with E-state index in [2.05, 4.69) is 17.4 Å². The molecule has 1 unspecified atom stereocenters.